The largest absolute Gasteiger partial charge is 0.491 e. The second-order valence-corrected chi connectivity index (χ2v) is 9.25. The van der Waals surface area contributed by atoms with Gasteiger partial charge in [-0.1, -0.05) is 11.6 Å². The lowest BCUT2D eigenvalue weighted by molar-refractivity contribution is -0.133. The van der Waals surface area contributed by atoms with Crippen LogP contribution in [0.4, 0.5) is 5.95 Å². The summed E-state index contributed by atoms with van der Waals surface area (Å²) in [6.07, 6.45) is 4.32. The molecule has 4 rings (SSSR count). The van der Waals surface area contributed by atoms with Crippen LogP contribution in [-0.4, -0.2) is 103 Å². The first-order chi connectivity index (χ1) is 18.0. The van der Waals surface area contributed by atoms with Crippen molar-refractivity contribution < 1.29 is 19.1 Å². The van der Waals surface area contributed by atoms with Crippen molar-refractivity contribution in [3.05, 3.63) is 47.8 Å². The van der Waals surface area contributed by atoms with Crippen molar-refractivity contribution in [1.82, 2.24) is 30.4 Å². The maximum Gasteiger partial charge on any atom is 0.255 e. The topological polar surface area (TPSA) is 120 Å². The van der Waals surface area contributed by atoms with Gasteiger partial charge in [0.25, 0.3) is 5.91 Å². The lowest BCUT2D eigenvalue weighted by atomic mass is 10.1. The van der Waals surface area contributed by atoms with E-state index in [-0.39, 0.29) is 49.1 Å². The number of carbonyl (C=O) groups is 3. The Bertz CT molecular complexity index is 1090. The molecular formula is C26H37Cl2N7O4. The zero-order chi connectivity index (χ0) is 26.0. The Morgan fingerprint density at radius 1 is 0.974 bits per heavy atom. The minimum atomic E-state index is -0.246. The molecular weight excluding hydrogens is 545 g/mol. The van der Waals surface area contributed by atoms with Gasteiger partial charge in [0, 0.05) is 64.6 Å². The highest BCUT2D eigenvalue weighted by Gasteiger charge is 2.23. The second kappa shape index (κ2) is 16.1. The van der Waals surface area contributed by atoms with Crippen molar-refractivity contribution in [2.24, 2.45) is 0 Å². The molecule has 1 aromatic heterocycles. The molecule has 0 saturated carbocycles. The fraction of sp³-hybridized carbons (Fsp3) is 0.500. The summed E-state index contributed by atoms with van der Waals surface area (Å²) in [6.45, 7) is 6.89. The number of aromatic nitrogens is 2. The van der Waals surface area contributed by atoms with Crippen LogP contribution in [-0.2, 0) is 9.59 Å². The summed E-state index contributed by atoms with van der Waals surface area (Å²) in [5.74, 6) is 0.839. The van der Waals surface area contributed by atoms with Crippen LogP contribution in [0.1, 0.15) is 28.8 Å². The van der Waals surface area contributed by atoms with Gasteiger partial charge in [0.05, 0.1) is 18.7 Å². The number of aryl methyl sites for hydroxylation is 1. The van der Waals surface area contributed by atoms with Gasteiger partial charge < -0.3 is 25.2 Å². The summed E-state index contributed by atoms with van der Waals surface area (Å²) < 4.78 is 5.76. The van der Waals surface area contributed by atoms with E-state index in [0.717, 1.165) is 31.7 Å². The van der Waals surface area contributed by atoms with Gasteiger partial charge in [-0.25, -0.2) is 9.97 Å². The zero-order valence-corrected chi connectivity index (χ0v) is 23.8. The Labute approximate surface area is 241 Å². The van der Waals surface area contributed by atoms with Crippen molar-refractivity contribution in [3.8, 4) is 5.75 Å². The monoisotopic (exact) mass is 581 g/mol. The Kier molecular flexibility index (Phi) is 13.2. The lowest BCUT2D eigenvalue weighted by Gasteiger charge is -2.35. The van der Waals surface area contributed by atoms with E-state index < -0.39 is 0 Å². The highest BCUT2D eigenvalue weighted by atomic mass is 35.5. The summed E-state index contributed by atoms with van der Waals surface area (Å²) in [5, 5.41) is 5.77. The molecule has 1 fully saturated rings. The third-order valence-electron chi connectivity index (χ3n) is 6.48. The summed E-state index contributed by atoms with van der Waals surface area (Å²) in [5.41, 5.74) is 1.39. The highest BCUT2D eigenvalue weighted by Crippen LogP contribution is 2.20. The molecule has 39 heavy (non-hydrogen) atoms. The van der Waals surface area contributed by atoms with E-state index in [1.807, 2.05) is 13.0 Å². The fourth-order valence-corrected chi connectivity index (χ4v) is 4.43. The molecule has 11 nitrogen and oxygen atoms in total. The molecule has 2 aliphatic heterocycles. The van der Waals surface area contributed by atoms with Crippen LogP contribution in [0.25, 0.3) is 0 Å². The molecule has 1 saturated heterocycles. The van der Waals surface area contributed by atoms with Crippen molar-refractivity contribution in [2.75, 3.05) is 70.4 Å². The molecule has 1 aromatic carbocycles. The van der Waals surface area contributed by atoms with Crippen LogP contribution in [0, 0.1) is 6.92 Å². The third kappa shape index (κ3) is 9.52. The molecule has 3 amide bonds. The smallest absolute Gasteiger partial charge is 0.255 e. The van der Waals surface area contributed by atoms with E-state index in [1.54, 1.807) is 35.5 Å². The van der Waals surface area contributed by atoms with Gasteiger partial charge in [0.15, 0.2) is 0 Å². The normalized spacial score (nSPS) is 17.6. The van der Waals surface area contributed by atoms with E-state index in [2.05, 4.69) is 30.4 Å². The summed E-state index contributed by atoms with van der Waals surface area (Å²) in [6, 6.07) is 7.22. The molecule has 0 spiro atoms. The fourth-order valence-electron chi connectivity index (χ4n) is 4.43. The maximum atomic E-state index is 13.2. The number of fused-ring (bicyclic) bond motifs is 1. The molecule has 0 aliphatic carbocycles. The number of piperazine rings is 1. The number of anilines is 1. The Balaban J connectivity index is 0.00000267. The lowest BCUT2D eigenvalue weighted by Crippen LogP contribution is -2.51. The zero-order valence-electron chi connectivity index (χ0n) is 22.1. The van der Waals surface area contributed by atoms with Crippen molar-refractivity contribution in [2.45, 2.75) is 19.8 Å². The molecule has 0 atom stereocenters. The van der Waals surface area contributed by atoms with Crippen molar-refractivity contribution in [3.63, 3.8) is 0 Å². The standard InChI is InChI=1S/C26H35N7O4.2ClH/c1-20-5-6-22-21(18-20)25(36)28-9-12-32(11-2-4-23(34)27-10-17-37-22)24(35)19-31-13-15-33(16-14-31)26-29-7-3-8-30-26;;/h3,5-8,18H,2,4,9-17,19H2,1H3,(H,27,34)(H,28,36);2*1H. The minimum Gasteiger partial charge on any atom is -0.491 e. The summed E-state index contributed by atoms with van der Waals surface area (Å²) in [4.78, 5) is 53.0. The molecule has 3 heterocycles. The number of rotatable bonds is 3. The molecule has 0 unspecified atom stereocenters. The average molecular weight is 583 g/mol. The van der Waals surface area contributed by atoms with Gasteiger partial charge in [0.1, 0.15) is 12.4 Å². The van der Waals surface area contributed by atoms with Gasteiger partial charge in [0.2, 0.25) is 17.8 Å². The first-order valence-corrected chi connectivity index (χ1v) is 12.8. The Morgan fingerprint density at radius 3 is 2.46 bits per heavy atom. The first-order valence-electron chi connectivity index (χ1n) is 12.8. The molecule has 2 aromatic rings. The van der Waals surface area contributed by atoms with Gasteiger partial charge in [-0.3, -0.25) is 19.3 Å². The van der Waals surface area contributed by atoms with Gasteiger partial charge in [-0.05, 0) is 31.5 Å². The first kappa shape index (κ1) is 32.1. The van der Waals surface area contributed by atoms with Crippen LogP contribution in [0.5, 0.6) is 5.75 Å². The molecule has 0 bridgehead atoms. The number of halogens is 2. The summed E-state index contributed by atoms with van der Waals surface area (Å²) >= 11 is 0. The molecule has 0 radical (unpaired) electrons. The molecule has 214 valence electrons. The molecule has 2 aliphatic rings. The second-order valence-electron chi connectivity index (χ2n) is 9.25. The number of carbonyl (C=O) groups excluding carboxylic acids is 3. The van der Waals surface area contributed by atoms with Crippen LogP contribution >= 0.6 is 24.8 Å². The SMILES string of the molecule is Cc1ccc2c(c1)C(=O)NCCN(C(=O)CN1CCN(c3ncccn3)CC1)CCCC(=O)NCCO2.Cl.Cl. The van der Waals surface area contributed by atoms with Crippen LogP contribution in [0.15, 0.2) is 36.7 Å². The number of amides is 3. The minimum absolute atomic E-state index is 0. The molecule has 2 N–H and O–H groups in total. The predicted octanol–water partition coefficient (Wildman–Crippen LogP) is 1.30. The number of hydrogen-bond acceptors (Lipinski definition) is 8. The van der Waals surface area contributed by atoms with E-state index in [9.17, 15) is 14.4 Å². The van der Waals surface area contributed by atoms with Gasteiger partial charge in [-0.15, -0.1) is 24.8 Å². The van der Waals surface area contributed by atoms with Crippen LogP contribution < -0.4 is 20.3 Å². The van der Waals surface area contributed by atoms with Gasteiger partial charge in [-0.2, -0.15) is 0 Å². The molecule has 13 heteroatoms. The summed E-state index contributed by atoms with van der Waals surface area (Å²) in [7, 11) is 0. The van der Waals surface area contributed by atoms with Crippen molar-refractivity contribution in [1.29, 1.82) is 0 Å². The van der Waals surface area contributed by atoms with E-state index in [4.69, 9.17) is 4.74 Å². The number of ether oxygens (including phenoxy) is 1. The van der Waals surface area contributed by atoms with Crippen LogP contribution in [0.2, 0.25) is 0 Å². The predicted molar refractivity (Wildman–Crippen MR) is 153 cm³/mol. The van der Waals surface area contributed by atoms with Gasteiger partial charge >= 0.3 is 0 Å². The van der Waals surface area contributed by atoms with Crippen molar-refractivity contribution >= 4 is 48.5 Å². The average Bonchev–Trinajstić information content (AvgIpc) is 2.91. The number of nitrogens with zero attached hydrogens (tertiary/aromatic N) is 5. The highest BCUT2D eigenvalue weighted by molar-refractivity contribution is 5.97. The number of hydrogen-bond donors (Lipinski definition) is 2. The number of benzene rings is 1. The maximum absolute atomic E-state index is 13.2. The van der Waals surface area contributed by atoms with E-state index >= 15 is 0 Å². The third-order valence-corrected chi connectivity index (χ3v) is 6.48. The Hall–Kier alpha value is -3.15. The number of nitrogens with one attached hydrogen (secondary N) is 2. The van der Waals surface area contributed by atoms with E-state index in [1.165, 1.54) is 0 Å². The Morgan fingerprint density at radius 2 is 1.72 bits per heavy atom. The van der Waals surface area contributed by atoms with E-state index in [0.29, 0.717) is 62.8 Å². The quantitative estimate of drug-likeness (QED) is 0.556. The van der Waals surface area contributed by atoms with Crippen LogP contribution in [0.3, 0.4) is 0 Å².